The average Bonchev–Trinajstić information content (AvgIpc) is 2.40. The van der Waals surface area contributed by atoms with Crippen LogP contribution in [0, 0.1) is 0 Å². The van der Waals surface area contributed by atoms with E-state index in [9.17, 15) is 14.4 Å². The molecule has 1 rings (SSSR count). The molecule has 21 heavy (non-hydrogen) atoms. The van der Waals surface area contributed by atoms with Gasteiger partial charge in [-0.25, -0.2) is 0 Å². The minimum absolute atomic E-state index is 0.0366. The lowest BCUT2D eigenvalue weighted by molar-refractivity contribution is -0.119. The van der Waals surface area contributed by atoms with Gasteiger partial charge in [0.25, 0.3) is 5.91 Å². The molecule has 0 saturated heterocycles. The number of allylic oxidation sites excluding steroid dienone is 1. The molecule has 0 unspecified atom stereocenters. The third kappa shape index (κ3) is 4.43. The van der Waals surface area contributed by atoms with E-state index in [1.807, 2.05) is 6.92 Å². The molecule has 112 valence electrons. The van der Waals surface area contributed by atoms with Crippen LogP contribution in [0.25, 0.3) is 0 Å². The Bertz CT molecular complexity index is 593. The van der Waals surface area contributed by atoms with Gasteiger partial charge in [0.2, 0.25) is 0 Å². The number of hydrogen-bond acceptors (Lipinski definition) is 4. The minimum Gasteiger partial charge on any atom is -0.360 e. The molecule has 5 nitrogen and oxygen atoms in total. The van der Waals surface area contributed by atoms with Crippen molar-refractivity contribution >= 4 is 34.8 Å². The number of hydrogen-bond donors (Lipinski definition) is 2. The monoisotopic (exact) mass is 308 g/mol. The van der Waals surface area contributed by atoms with Crippen molar-refractivity contribution in [2.45, 2.75) is 20.8 Å². The highest BCUT2D eigenvalue weighted by Crippen LogP contribution is 2.26. The molecule has 0 aromatic heterocycles. The number of carbonyl (C=O) groups excluding carboxylic acids is 3. The van der Waals surface area contributed by atoms with E-state index in [0.29, 0.717) is 17.8 Å². The maximum Gasteiger partial charge on any atom is 0.252 e. The van der Waals surface area contributed by atoms with Crippen molar-refractivity contribution in [1.82, 2.24) is 5.32 Å². The van der Waals surface area contributed by atoms with E-state index >= 15 is 0 Å². The van der Waals surface area contributed by atoms with E-state index in [4.69, 9.17) is 11.6 Å². The number of Topliss-reactive ketones (excluding diaryl/α,β-unsaturated/α-hetero) is 2. The van der Waals surface area contributed by atoms with Gasteiger partial charge >= 0.3 is 0 Å². The smallest absolute Gasteiger partial charge is 0.252 e. The van der Waals surface area contributed by atoms with Gasteiger partial charge in [-0.05, 0) is 32.9 Å². The van der Waals surface area contributed by atoms with Gasteiger partial charge in [0, 0.05) is 12.7 Å². The molecule has 0 aliphatic carbocycles. The Hall–Kier alpha value is -2.14. The van der Waals surface area contributed by atoms with Crippen LogP contribution in [0.3, 0.4) is 0 Å². The molecule has 0 bridgehead atoms. The first kappa shape index (κ1) is 16.9. The SMILES string of the molecule is CCNC(=O)c1cccc(NC=C(C(C)=O)C(C)=O)c1Cl. The summed E-state index contributed by atoms with van der Waals surface area (Å²) in [6, 6.07) is 4.91. The van der Waals surface area contributed by atoms with Crippen LogP contribution < -0.4 is 10.6 Å². The van der Waals surface area contributed by atoms with Crippen molar-refractivity contribution in [3.05, 3.63) is 40.6 Å². The standard InChI is InChI=1S/C15H17ClN2O3/c1-4-17-15(21)11-6-5-7-13(14(11)16)18-8-12(9(2)19)10(3)20/h5-8,18H,4H2,1-3H3,(H,17,21). The zero-order valence-corrected chi connectivity index (χ0v) is 12.9. The molecule has 0 spiro atoms. The lowest BCUT2D eigenvalue weighted by atomic mass is 10.1. The highest BCUT2D eigenvalue weighted by atomic mass is 35.5. The first-order chi connectivity index (χ1) is 9.88. The van der Waals surface area contributed by atoms with Crippen molar-refractivity contribution in [3.63, 3.8) is 0 Å². The highest BCUT2D eigenvalue weighted by Gasteiger charge is 2.13. The van der Waals surface area contributed by atoms with Gasteiger partial charge in [0.05, 0.1) is 21.8 Å². The Balaban J connectivity index is 3.08. The zero-order chi connectivity index (χ0) is 16.0. The molecule has 6 heteroatoms. The number of nitrogens with one attached hydrogen (secondary N) is 2. The van der Waals surface area contributed by atoms with Gasteiger partial charge in [-0.1, -0.05) is 17.7 Å². The summed E-state index contributed by atoms with van der Waals surface area (Å²) in [4.78, 5) is 34.5. The second kappa shape index (κ2) is 7.59. The summed E-state index contributed by atoms with van der Waals surface area (Å²) in [5.74, 6) is -0.967. The second-order valence-electron chi connectivity index (χ2n) is 4.34. The number of rotatable bonds is 6. The number of anilines is 1. The number of benzene rings is 1. The maximum atomic E-state index is 11.8. The fourth-order valence-corrected chi connectivity index (χ4v) is 1.94. The lowest BCUT2D eigenvalue weighted by Gasteiger charge is -2.10. The molecule has 0 saturated carbocycles. The van der Waals surface area contributed by atoms with Crippen molar-refractivity contribution in [2.75, 3.05) is 11.9 Å². The van der Waals surface area contributed by atoms with E-state index in [0.717, 1.165) is 0 Å². The third-order valence-corrected chi connectivity index (χ3v) is 3.12. The van der Waals surface area contributed by atoms with Crippen LogP contribution in [0.4, 0.5) is 5.69 Å². The summed E-state index contributed by atoms with van der Waals surface area (Å²) in [5, 5.41) is 5.68. The molecule has 1 aromatic carbocycles. The number of halogens is 1. The normalized spacial score (nSPS) is 9.71. The minimum atomic E-state index is -0.342. The third-order valence-electron chi connectivity index (χ3n) is 2.71. The van der Waals surface area contributed by atoms with Gasteiger partial charge in [0.15, 0.2) is 11.6 Å². The second-order valence-corrected chi connectivity index (χ2v) is 4.72. The molecule has 0 aliphatic rings. The lowest BCUT2D eigenvalue weighted by Crippen LogP contribution is -2.23. The first-order valence-corrected chi connectivity index (χ1v) is 6.81. The van der Waals surface area contributed by atoms with Crippen LogP contribution in [-0.2, 0) is 9.59 Å². The molecule has 1 aromatic rings. The van der Waals surface area contributed by atoms with Crippen molar-refractivity contribution < 1.29 is 14.4 Å². The van der Waals surface area contributed by atoms with Crippen LogP contribution in [0.15, 0.2) is 30.0 Å². The van der Waals surface area contributed by atoms with E-state index in [1.165, 1.54) is 20.0 Å². The molecule has 0 aliphatic heterocycles. The molecule has 0 fully saturated rings. The predicted octanol–water partition coefficient (Wildman–Crippen LogP) is 2.56. The van der Waals surface area contributed by atoms with Crippen LogP contribution >= 0.6 is 11.6 Å². The fourth-order valence-electron chi connectivity index (χ4n) is 1.68. The topological polar surface area (TPSA) is 75.3 Å². The van der Waals surface area contributed by atoms with Crippen LogP contribution in [0.1, 0.15) is 31.1 Å². The first-order valence-electron chi connectivity index (χ1n) is 6.43. The van der Waals surface area contributed by atoms with Crippen molar-refractivity contribution in [1.29, 1.82) is 0 Å². The van der Waals surface area contributed by atoms with Gasteiger partial charge in [-0.2, -0.15) is 0 Å². The van der Waals surface area contributed by atoms with Gasteiger partial charge < -0.3 is 10.6 Å². The van der Waals surface area contributed by atoms with Gasteiger partial charge in [0.1, 0.15) is 0 Å². The zero-order valence-electron chi connectivity index (χ0n) is 12.1. The summed E-state index contributed by atoms with van der Waals surface area (Å²) in [5.41, 5.74) is 0.805. The number of carbonyl (C=O) groups is 3. The van der Waals surface area contributed by atoms with Gasteiger partial charge in [-0.3, -0.25) is 14.4 Å². The van der Waals surface area contributed by atoms with E-state index in [2.05, 4.69) is 10.6 Å². The number of amides is 1. The maximum absolute atomic E-state index is 11.8. The molecular weight excluding hydrogens is 292 g/mol. The van der Waals surface area contributed by atoms with Crippen LogP contribution in [-0.4, -0.2) is 24.0 Å². The Kier molecular flexibility index (Phi) is 6.11. The molecular formula is C15H17ClN2O3. The van der Waals surface area contributed by atoms with Crippen molar-refractivity contribution in [3.8, 4) is 0 Å². The molecule has 0 radical (unpaired) electrons. The van der Waals surface area contributed by atoms with Crippen LogP contribution in [0.5, 0.6) is 0 Å². The van der Waals surface area contributed by atoms with Crippen LogP contribution in [0.2, 0.25) is 5.02 Å². The Morgan fingerprint density at radius 3 is 2.33 bits per heavy atom. The molecule has 2 N–H and O–H groups in total. The predicted molar refractivity (Wildman–Crippen MR) is 82.5 cm³/mol. The average molecular weight is 309 g/mol. The van der Waals surface area contributed by atoms with E-state index in [-0.39, 0.29) is 28.1 Å². The summed E-state index contributed by atoms with van der Waals surface area (Å²) < 4.78 is 0. The Morgan fingerprint density at radius 1 is 1.19 bits per heavy atom. The summed E-state index contributed by atoms with van der Waals surface area (Å²) in [6.07, 6.45) is 1.30. The Morgan fingerprint density at radius 2 is 1.81 bits per heavy atom. The van der Waals surface area contributed by atoms with Gasteiger partial charge in [-0.15, -0.1) is 0 Å². The largest absolute Gasteiger partial charge is 0.360 e. The fraction of sp³-hybridized carbons (Fsp3) is 0.267. The highest BCUT2D eigenvalue weighted by molar-refractivity contribution is 6.36. The Labute approximate surface area is 128 Å². The molecule has 0 heterocycles. The van der Waals surface area contributed by atoms with E-state index < -0.39 is 0 Å². The van der Waals surface area contributed by atoms with Crippen molar-refractivity contribution in [2.24, 2.45) is 0 Å². The molecule has 0 atom stereocenters. The summed E-state index contributed by atoms with van der Waals surface area (Å²) >= 11 is 6.16. The quantitative estimate of drug-likeness (QED) is 0.481. The molecule has 1 amide bonds. The summed E-state index contributed by atoms with van der Waals surface area (Å²) in [7, 11) is 0. The van der Waals surface area contributed by atoms with E-state index in [1.54, 1.807) is 18.2 Å². The summed E-state index contributed by atoms with van der Waals surface area (Å²) in [6.45, 7) is 4.91. The number of ketones is 2.